The van der Waals surface area contributed by atoms with E-state index in [4.69, 9.17) is 0 Å². The van der Waals surface area contributed by atoms with Gasteiger partial charge in [-0.3, -0.25) is 9.59 Å². The first-order chi connectivity index (χ1) is 9.68. The number of benzene rings is 2. The SMILES string of the molecule is O=C(NCc1ccccc1)C(O)C(=O)c1ccccc1. The molecule has 1 unspecified atom stereocenters. The second kappa shape index (κ2) is 6.63. The van der Waals surface area contributed by atoms with Crippen molar-refractivity contribution in [3.63, 3.8) is 0 Å². The number of rotatable bonds is 5. The second-order valence-corrected chi connectivity index (χ2v) is 4.34. The minimum atomic E-state index is -1.68. The highest BCUT2D eigenvalue weighted by Crippen LogP contribution is 2.04. The number of hydrogen-bond acceptors (Lipinski definition) is 3. The monoisotopic (exact) mass is 269 g/mol. The number of Topliss-reactive ketones (excluding diaryl/α,β-unsaturated/α-hetero) is 1. The summed E-state index contributed by atoms with van der Waals surface area (Å²) in [7, 11) is 0. The summed E-state index contributed by atoms with van der Waals surface area (Å²) < 4.78 is 0. The molecule has 0 fully saturated rings. The van der Waals surface area contributed by atoms with Crippen molar-refractivity contribution >= 4 is 11.7 Å². The van der Waals surface area contributed by atoms with Crippen LogP contribution in [0.1, 0.15) is 15.9 Å². The van der Waals surface area contributed by atoms with Crippen LogP contribution in [-0.4, -0.2) is 22.9 Å². The Labute approximate surface area is 117 Å². The molecule has 1 atom stereocenters. The average molecular weight is 269 g/mol. The van der Waals surface area contributed by atoms with Crippen molar-refractivity contribution in [2.24, 2.45) is 0 Å². The van der Waals surface area contributed by atoms with Crippen LogP contribution in [0.25, 0.3) is 0 Å². The molecule has 2 aromatic carbocycles. The molecule has 0 radical (unpaired) electrons. The van der Waals surface area contributed by atoms with Crippen LogP contribution in [0.2, 0.25) is 0 Å². The maximum Gasteiger partial charge on any atom is 0.257 e. The molecule has 0 bridgehead atoms. The Hall–Kier alpha value is -2.46. The third-order valence-electron chi connectivity index (χ3n) is 2.86. The van der Waals surface area contributed by atoms with E-state index in [-0.39, 0.29) is 6.54 Å². The normalized spacial score (nSPS) is 11.7. The van der Waals surface area contributed by atoms with Crippen LogP contribution in [0.15, 0.2) is 60.7 Å². The zero-order chi connectivity index (χ0) is 14.4. The lowest BCUT2D eigenvalue weighted by molar-refractivity contribution is -0.127. The molecular weight excluding hydrogens is 254 g/mol. The Morgan fingerprint density at radius 3 is 2.10 bits per heavy atom. The molecule has 0 saturated heterocycles. The van der Waals surface area contributed by atoms with Crippen LogP contribution in [0.3, 0.4) is 0 Å². The maximum atomic E-state index is 11.9. The second-order valence-electron chi connectivity index (χ2n) is 4.34. The van der Waals surface area contributed by atoms with Gasteiger partial charge in [0.1, 0.15) is 0 Å². The van der Waals surface area contributed by atoms with Gasteiger partial charge in [-0.1, -0.05) is 60.7 Å². The minimum Gasteiger partial charge on any atom is -0.376 e. The number of hydrogen-bond donors (Lipinski definition) is 2. The molecule has 2 aromatic rings. The molecule has 2 rings (SSSR count). The van der Waals surface area contributed by atoms with E-state index in [9.17, 15) is 14.7 Å². The molecule has 0 heterocycles. The van der Waals surface area contributed by atoms with E-state index in [0.717, 1.165) is 5.56 Å². The molecular formula is C16H15NO3. The Kier molecular flexibility index (Phi) is 4.63. The largest absolute Gasteiger partial charge is 0.376 e. The Morgan fingerprint density at radius 1 is 0.950 bits per heavy atom. The van der Waals surface area contributed by atoms with Crippen molar-refractivity contribution < 1.29 is 14.7 Å². The number of nitrogens with one attached hydrogen (secondary N) is 1. The Morgan fingerprint density at radius 2 is 1.50 bits per heavy atom. The van der Waals surface area contributed by atoms with E-state index in [1.807, 2.05) is 30.3 Å². The van der Waals surface area contributed by atoms with Crippen molar-refractivity contribution in [1.82, 2.24) is 5.32 Å². The summed E-state index contributed by atoms with van der Waals surface area (Å²) in [6, 6.07) is 17.5. The van der Waals surface area contributed by atoms with Gasteiger partial charge in [-0.2, -0.15) is 0 Å². The van der Waals surface area contributed by atoms with E-state index in [2.05, 4.69) is 5.32 Å². The number of aliphatic hydroxyl groups excluding tert-OH is 1. The van der Waals surface area contributed by atoms with Gasteiger partial charge in [-0.15, -0.1) is 0 Å². The van der Waals surface area contributed by atoms with E-state index in [0.29, 0.717) is 5.56 Å². The summed E-state index contributed by atoms with van der Waals surface area (Å²) in [5.41, 5.74) is 1.22. The molecule has 4 nitrogen and oxygen atoms in total. The van der Waals surface area contributed by atoms with Crippen LogP contribution < -0.4 is 5.32 Å². The number of ketones is 1. The standard InChI is InChI=1S/C16H15NO3/c18-14(13-9-5-2-6-10-13)15(19)16(20)17-11-12-7-3-1-4-8-12/h1-10,15,19H,11H2,(H,17,20). The molecule has 0 aliphatic carbocycles. The van der Waals surface area contributed by atoms with Crippen LogP contribution in [-0.2, 0) is 11.3 Å². The van der Waals surface area contributed by atoms with Crippen LogP contribution in [0, 0.1) is 0 Å². The number of carbonyl (C=O) groups excluding carboxylic acids is 2. The maximum absolute atomic E-state index is 11.9. The van der Waals surface area contributed by atoms with Gasteiger partial charge < -0.3 is 10.4 Å². The van der Waals surface area contributed by atoms with E-state index in [1.54, 1.807) is 30.3 Å². The van der Waals surface area contributed by atoms with E-state index in [1.165, 1.54) is 0 Å². The first-order valence-electron chi connectivity index (χ1n) is 6.27. The molecule has 102 valence electrons. The smallest absolute Gasteiger partial charge is 0.257 e. The minimum absolute atomic E-state index is 0.277. The zero-order valence-electron chi connectivity index (χ0n) is 10.8. The summed E-state index contributed by atoms with van der Waals surface area (Å²) in [5, 5.41) is 12.3. The summed E-state index contributed by atoms with van der Waals surface area (Å²) in [6.45, 7) is 0.277. The number of carbonyl (C=O) groups is 2. The van der Waals surface area contributed by atoms with Crippen LogP contribution >= 0.6 is 0 Å². The summed E-state index contributed by atoms with van der Waals surface area (Å²) in [5.74, 6) is -1.29. The van der Waals surface area contributed by atoms with Gasteiger partial charge in [-0.25, -0.2) is 0 Å². The summed E-state index contributed by atoms with van der Waals surface area (Å²) in [4.78, 5) is 23.6. The highest BCUT2D eigenvalue weighted by atomic mass is 16.3. The molecule has 2 N–H and O–H groups in total. The van der Waals surface area contributed by atoms with Gasteiger partial charge in [0.05, 0.1) is 0 Å². The first kappa shape index (κ1) is 14.0. The Bertz CT molecular complexity index is 581. The fourth-order valence-electron chi connectivity index (χ4n) is 1.76. The van der Waals surface area contributed by atoms with Gasteiger partial charge in [0.25, 0.3) is 5.91 Å². The van der Waals surface area contributed by atoms with Crippen molar-refractivity contribution in [3.8, 4) is 0 Å². The van der Waals surface area contributed by atoms with Gasteiger partial charge in [-0.05, 0) is 5.56 Å². The Balaban J connectivity index is 1.94. The third kappa shape index (κ3) is 3.52. The highest BCUT2D eigenvalue weighted by Gasteiger charge is 2.24. The lowest BCUT2D eigenvalue weighted by Crippen LogP contribution is -2.39. The summed E-state index contributed by atoms with van der Waals surface area (Å²) >= 11 is 0. The molecule has 20 heavy (non-hydrogen) atoms. The van der Waals surface area contributed by atoms with Gasteiger partial charge in [0, 0.05) is 12.1 Å². The number of amides is 1. The molecule has 0 spiro atoms. The van der Waals surface area contributed by atoms with Gasteiger partial charge in [0.2, 0.25) is 5.78 Å². The van der Waals surface area contributed by atoms with Crippen molar-refractivity contribution in [3.05, 3.63) is 71.8 Å². The van der Waals surface area contributed by atoms with E-state index < -0.39 is 17.8 Å². The van der Waals surface area contributed by atoms with Crippen LogP contribution in [0.5, 0.6) is 0 Å². The molecule has 0 aromatic heterocycles. The van der Waals surface area contributed by atoms with Crippen molar-refractivity contribution in [2.75, 3.05) is 0 Å². The van der Waals surface area contributed by atoms with E-state index >= 15 is 0 Å². The molecule has 0 aliphatic heterocycles. The van der Waals surface area contributed by atoms with Crippen molar-refractivity contribution in [2.45, 2.75) is 12.6 Å². The predicted octanol–water partition coefficient (Wildman–Crippen LogP) is 1.55. The summed E-state index contributed by atoms with van der Waals surface area (Å²) in [6.07, 6.45) is -1.68. The fourth-order valence-corrected chi connectivity index (χ4v) is 1.76. The topological polar surface area (TPSA) is 66.4 Å². The average Bonchev–Trinajstić information content (AvgIpc) is 2.53. The van der Waals surface area contributed by atoms with Gasteiger partial charge in [0.15, 0.2) is 6.10 Å². The quantitative estimate of drug-likeness (QED) is 0.639. The lowest BCUT2D eigenvalue weighted by atomic mass is 10.1. The molecule has 1 amide bonds. The number of aliphatic hydroxyl groups is 1. The zero-order valence-corrected chi connectivity index (χ0v) is 10.8. The molecule has 0 aliphatic rings. The highest BCUT2D eigenvalue weighted by molar-refractivity contribution is 6.12. The third-order valence-corrected chi connectivity index (χ3v) is 2.86. The molecule has 4 heteroatoms. The fraction of sp³-hybridized carbons (Fsp3) is 0.125. The lowest BCUT2D eigenvalue weighted by Gasteiger charge is -2.10. The predicted molar refractivity (Wildman–Crippen MR) is 75.1 cm³/mol. The first-order valence-corrected chi connectivity index (χ1v) is 6.27. The van der Waals surface area contributed by atoms with Crippen molar-refractivity contribution in [1.29, 1.82) is 0 Å². The van der Waals surface area contributed by atoms with Crippen LogP contribution in [0.4, 0.5) is 0 Å². The molecule has 0 saturated carbocycles. The van der Waals surface area contributed by atoms with Gasteiger partial charge >= 0.3 is 0 Å².